The van der Waals surface area contributed by atoms with Crippen LogP contribution in [0, 0.1) is 0 Å². The number of nitrogens with zero attached hydrogens (tertiary/aromatic N) is 8. The van der Waals surface area contributed by atoms with E-state index in [0.29, 0.717) is 77.3 Å². The van der Waals surface area contributed by atoms with E-state index in [2.05, 4.69) is 102 Å². The molecule has 638 valence electrons. The first kappa shape index (κ1) is 89.9. The van der Waals surface area contributed by atoms with Gasteiger partial charge in [0.15, 0.2) is 22.3 Å². The lowest BCUT2D eigenvalue weighted by molar-refractivity contribution is -0.146. The number of amides is 7. The minimum atomic E-state index is -1.03. The first-order chi connectivity index (χ1) is 60.2. The maximum Gasteiger partial charge on any atom is 0.410 e. The van der Waals surface area contributed by atoms with Gasteiger partial charge in [-0.3, -0.25) is 44.2 Å². The van der Waals surface area contributed by atoms with E-state index in [-0.39, 0.29) is 41.5 Å². The van der Waals surface area contributed by atoms with E-state index in [1.54, 1.807) is 97.4 Å². The van der Waals surface area contributed by atoms with Gasteiger partial charge < -0.3 is 54.5 Å². The Labute approximate surface area is 755 Å². The van der Waals surface area contributed by atoms with Crippen molar-refractivity contribution in [2.45, 2.75) is 82.8 Å². The lowest BCUT2D eigenvalue weighted by Crippen LogP contribution is -2.50. The number of rotatable bonds is 18. The van der Waals surface area contributed by atoms with Crippen molar-refractivity contribution in [1.29, 1.82) is 0 Å². The van der Waals surface area contributed by atoms with Crippen molar-refractivity contribution in [2.75, 3.05) is 55.9 Å². The summed E-state index contributed by atoms with van der Waals surface area (Å²) in [6.07, 6.45) is 2.99. The van der Waals surface area contributed by atoms with Crippen molar-refractivity contribution in [3.05, 3.63) is 358 Å². The summed E-state index contributed by atoms with van der Waals surface area (Å²) >= 11 is 12.8. The number of hydrogen-bond acceptors (Lipinski definition) is 19. The van der Waals surface area contributed by atoms with Gasteiger partial charge in [0, 0.05) is 117 Å². The van der Waals surface area contributed by atoms with E-state index in [1.165, 1.54) is 41.8 Å². The number of carbonyl (C=O) groups excluding carboxylic acids is 9. The molecule has 30 heteroatoms. The van der Waals surface area contributed by atoms with Gasteiger partial charge in [0.1, 0.15) is 23.7 Å². The number of aliphatic carboxylic acids is 1. The Balaban J connectivity index is 0.000000143. The molecule has 17 rings (SSSR count). The van der Waals surface area contributed by atoms with Gasteiger partial charge >= 0.3 is 24.0 Å². The molecule has 7 amide bonds. The molecule has 0 bridgehead atoms. The topological polar surface area (TPSA) is 314 Å². The predicted octanol–water partition coefficient (Wildman–Crippen LogP) is 17.9. The number of ether oxygens (including phenoxy) is 3. The van der Waals surface area contributed by atoms with Crippen LogP contribution in [0.15, 0.2) is 285 Å². The molecule has 10 aromatic carbocycles. The molecule has 1 fully saturated rings. The highest BCUT2D eigenvalue weighted by Gasteiger charge is 2.43. The van der Waals surface area contributed by atoms with Crippen LogP contribution in [0.4, 0.5) is 20.7 Å². The third-order valence-electron chi connectivity index (χ3n) is 21.0. The van der Waals surface area contributed by atoms with Gasteiger partial charge in [0.05, 0.1) is 14.2 Å². The Morgan fingerprint density at radius 1 is 0.424 bits per heavy atom. The highest BCUT2D eigenvalue weighted by molar-refractivity contribution is 9.11. The fourth-order valence-electron chi connectivity index (χ4n) is 14.9. The van der Waals surface area contributed by atoms with Crippen LogP contribution in [0.1, 0.15) is 142 Å². The number of piperazine rings is 1. The summed E-state index contributed by atoms with van der Waals surface area (Å²) in [5.41, 5.74) is 17.7. The van der Waals surface area contributed by atoms with E-state index in [4.69, 9.17) is 15.2 Å². The molecule has 1 saturated heterocycles. The van der Waals surface area contributed by atoms with Gasteiger partial charge in [-0.2, -0.15) is 0 Å². The molecule has 0 saturated carbocycles. The van der Waals surface area contributed by atoms with Crippen LogP contribution < -0.4 is 21.3 Å². The molecule has 2 aromatic heterocycles. The van der Waals surface area contributed by atoms with E-state index < -0.39 is 53.7 Å². The number of halogens is 3. The first-order valence-corrected chi connectivity index (χ1v) is 43.7. The molecule has 125 heavy (non-hydrogen) atoms. The largest absolute Gasteiger partial charge is 0.479 e. The van der Waals surface area contributed by atoms with Crippen molar-refractivity contribution >= 4 is 146 Å². The molecular weight excluding hydrogens is 1820 g/mol. The second kappa shape index (κ2) is 41.1. The number of anilines is 3. The fourth-order valence-corrected chi connectivity index (χ4v) is 17.0. The zero-order valence-corrected chi connectivity index (χ0v) is 74.8. The van der Waals surface area contributed by atoms with Crippen LogP contribution in [0.25, 0.3) is 11.1 Å². The number of benzene rings is 10. The number of esters is 2. The minimum absolute atomic E-state index is 0.149. The fraction of sp³-hybridized carbons (Fsp3) is 0.200. The molecule has 7 heterocycles. The molecular formula is C95H86Br3N11O14S2. The smallest absolute Gasteiger partial charge is 0.410 e. The summed E-state index contributed by atoms with van der Waals surface area (Å²) in [5, 5.41) is 19.8. The normalized spacial score (nSPS) is 14.7. The molecule has 25 nitrogen and oxygen atoms in total. The summed E-state index contributed by atoms with van der Waals surface area (Å²) in [6, 6.07) is 72.8. The average Bonchev–Trinajstić information content (AvgIpc) is 1.64. The number of nitrogens with two attached hydrogens (primary N) is 1. The molecule has 0 spiro atoms. The van der Waals surface area contributed by atoms with Crippen LogP contribution in [-0.2, 0) is 64.4 Å². The lowest BCUT2D eigenvalue weighted by atomic mass is 10.00. The molecule has 5 N–H and O–H groups in total. The summed E-state index contributed by atoms with van der Waals surface area (Å²) in [7, 11) is 2.66. The van der Waals surface area contributed by atoms with Gasteiger partial charge in [0.25, 0.3) is 35.4 Å². The van der Waals surface area contributed by atoms with Crippen LogP contribution in [-0.4, -0.2) is 145 Å². The number of hydrogen-bond donors (Lipinski definition) is 4. The highest BCUT2D eigenvalue weighted by Crippen LogP contribution is 2.40. The van der Waals surface area contributed by atoms with Crippen LogP contribution in [0.3, 0.4) is 0 Å². The average molecular weight is 1910 g/mol. The summed E-state index contributed by atoms with van der Waals surface area (Å²) in [5.74, 6) is -3.18. The van der Waals surface area contributed by atoms with E-state index >= 15 is 0 Å². The predicted molar refractivity (Wildman–Crippen MR) is 487 cm³/mol. The monoisotopic (exact) mass is 1910 g/mol. The quantitative estimate of drug-likeness (QED) is 0.0458. The standard InChI is InChI=1S/C34H35N5O4S.C19H14BrN3O2S.C17H14BrNO3.C16H12BrNO3.C9H11NO2/c1-34(2,3)43-33(42)38-18-16-37(17-19-38)27-13-11-23(12-14-27)25-9-10-26-22-39(31(41)28(26)21-25)29(24-7-5-4-6-8-24)30(40)36-32-35-15-20-44-32;20-14-7-6-13-11-23(18(25)15(13)10-14)16(12-4-2-1-3-5-12)17(24)22-19-21-8-9-26-19;1-22-17(21)15(11-5-3-2-4-6-11)19-10-12-7-8-13(18)9-14(12)16(19)20;17-12-7-6-11-9-18(15(19)13(11)8-12)14(16(20)21)10-4-2-1-3-5-10;1-12-9(11)8(10)7-5-3-2-4-6-7/h4-15,20-21,29H,16-19,22H2,1-3H3,(H,35,36,40);1-10,16H,11H2,(H,21,22,24);2-9,15H,10H2,1H3;1-8,14H,9H2,(H,20,21);2-6,8H,10H2,1H3. The zero-order chi connectivity index (χ0) is 88.6. The van der Waals surface area contributed by atoms with Crippen molar-refractivity contribution < 1.29 is 67.3 Å². The Morgan fingerprint density at radius 2 is 0.760 bits per heavy atom. The Hall–Kier alpha value is -12.8. The molecule has 0 radical (unpaired) electrons. The van der Waals surface area contributed by atoms with E-state index in [1.807, 2.05) is 191 Å². The molecule has 0 aliphatic carbocycles. The molecule has 5 aliphatic heterocycles. The van der Waals surface area contributed by atoms with E-state index in [0.717, 1.165) is 87.8 Å². The number of carboxylic acid groups (broad SMARTS) is 1. The van der Waals surface area contributed by atoms with Gasteiger partial charge in [-0.1, -0.05) is 242 Å². The molecule has 12 aromatic rings. The van der Waals surface area contributed by atoms with Crippen molar-refractivity contribution in [1.82, 2.24) is 34.5 Å². The number of fused-ring (bicyclic) bond motifs is 4. The Kier molecular flexibility index (Phi) is 29.6. The van der Waals surface area contributed by atoms with Gasteiger partial charge in [-0.05, 0) is 137 Å². The van der Waals surface area contributed by atoms with Crippen LogP contribution >= 0.6 is 70.5 Å². The Bertz CT molecular complexity index is 5880. The van der Waals surface area contributed by atoms with Crippen LogP contribution in [0.2, 0.25) is 0 Å². The highest BCUT2D eigenvalue weighted by atomic mass is 79.9. The van der Waals surface area contributed by atoms with Crippen LogP contribution in [0.5, 0.6) is 0 Å². The zero-order valence-electron chi connectivity index (χ0n) is 68.4. The van der Waals surface area contributed by atoms with E-state index in [9.17, 15) is 53.1 Å². The number of thiazole rings is 2. The summed E-state index contributed by atoms with van der Waals surface area (Å²) in [6.45, 7) is 9.73. The number of nitrogens with one attached hydrogen (secondary N) is 2. The number of carboxylic acids is 1. The maximum absolute atomic E-state index is 13.8. The maximum atomic E-state index is 13.8. The molecule has 5 atom stereocenters. The molecule has 5 unspecified atom stereocenters. The minimum Gasteiger partial charge on any atom is -0.479 e. The number of carbonyl (C=O) groups is 10. The summed E-state index contributed by atoms with van der Waals surface area (Å²) < 4.78 is 17.4. The second-order valence-corrected chi connectivity index (χ2v) is 34.7. The van der Waals surface area contributed by atoms with Gasteiger partial charge in [-0.15, -0.1) is 22.7 Å². The SMILES string of the molecule is CC(C)(C)OC(=O)N1CCN(c2ccc(-c3ccc4c(c3)C(=O)N(C(C(=O)Nc3nccs3)c3ccccc3)C4)cc2)CC1.COC(=O)C(N)c1ccccc1.COC(=O)C(c1ccccc1)N1Cc2ccc(Br)cc2C1=O.O=C(Nc1nccs1)C(c1ccccc1)N1Cc2ccc(Br)cc2C1=O.O=C(O)C(c1ccccc1)N1Cc2ccc(Br)cc2C1=O. The number of methoxy groups -OCH3 is 2. The Morgan fingerprint density at radius 3 is 1.12 bits per heavy atom. The molecule has 5 aliphatic rings. The lowest BCUT2D eigenvalue weighted by Gasteiger charge is -2.36. The van der Waals surface area contributed by atoms with Crippen molar-refractivity contribution in [3.8, 4) is 11.1 Å². The summed E-state index contributed by atoms with van der Waals surface area (Å²) in [4.78, 5) is 144. The number of aromatic nitrogens is 2. The van der Waals surface area contributed by atoms with Crippen molar-refractivity contribution in [3.63, 3.8) is 0 Å². The van der Waals surface area contributed by atoms with Gasteiger partial charge in [-0.25, -0.2) is 24.4 Å². The first-order valence-electron chi connectivity index (χ1n) is 39.6. The van der Waals surface area contributed by atoms with Gasteiger partial charge in [0.2, 0.25) is 0 Å². The third kappa shape index (κ3) is 21.9. The van der Waals surface area contributed by atoms with Crippen molar-refractivity contribution in [2.24, 2.45) is 5.73 Å². The third-order valence-corrected chi connectivity index (χ3v) is 23.8. The second-order valence-electron chi connectivity index (χ2n) is 30.2.